The topological polar surface area (TPSA) is 58.4 Å². The van der Waals surface area contributed by atoms with Crippen LogP contribution in [0.5, 0.6) is 0 Å². The van der Waals surface area contributed by atoms with Gasteiger partial charge in [-0.15, -0.1) is 0 Å². The van der Waals surface area contributed by atoms with Crippen molar-refractivity contribution in [2.24, 2.45) is 11.7 Å². The summed E-state index contributed by atoms with van der Waals surface area (Å²) < 4.78 is 13.3. The fraction of sp³-hybridized carbons (Fsp3) is 0.562. The summed E-state index contributed by atoms with van der Waals surface area (Å²) >= 11 is 0. The predicted octanol–water partition coefficient (Wildman–Crippen LogP) is 1.90. The van der Waals surface area contributed by atoms with Crippen LogP contribution >= 0.6 is 0 Å². The number of benzene rings is 1. The first-order valence-electron chi connectivity index (χ1n) is 7.45. The number of halogens is 1. The van der Waals surface area contributed by atoms with Gasteiger partial charge in [0, 0.05) is 19.3 Å². The Hall–Kier alpha value is -1.62. The molecule has 1 fully saturated rings. The van der Waals surface area contributed by atoms with Crippen molar-refractivity contribution in [2.45, 2.75) is 31.2 Å². The van der Waals surface area contributed by atoms with E-state index in [1.54, 1.807) is 13.1 Å². The molecule has 1 aromatic carbocycles. The van der Waals surface area contributed by atoms with Crippen LogP contribution in [0.3, 0.4) is 0 Å². The Morgan fingerprint density at radius 2 is 2.33 bits per heavy atom. The van der Waals surface area contributed by atoms with E-state index < -0.39 is 5.54 Å². The molecule has 0 saturated heterocycles. The number of nitrogens with one attached hydrogen (secondary N) is 1. The van der Waals surface area contributed by atoms with Gasteiger partial charge in [-0.2, -0.15) is 0 Å². The minimum atomic E-state index is -0.581. The number of likely N-dealkylation sites (N-methyl/N-ethyl adjacent to an activating group) is 1. The summed E-state index contributed by atoms with van der Waals surface area (Å²) in [6, 6.07) is 6.55. The van der Waals surface area contributed by atoms with E-state index in [0.717, 1.165) is 37.9 Å². The second kappa shape index (κ2) is 6.43. The van der Waals surface area contributed by atoms with Gasteiger partial charge < -0.3 is 16.0 Å². The highest BCUT2D eigenvalue weighted by molar-refractivity contribution is 5.85. The molecule has 2 rings (SSSR count). The lowest BCUT2D eigenvalue weighted by atomic mass is 9.84. The van der Waals surface area contributed by atoms with Crippen molar-refractivity contribution in [3.8, 4) is 0 Å². The van der Waals surface area contributed by atoms with Gasteiger partial charge in [0.05, 0.1) is 0 Å². The van der Waals surface area contributed by atoms with Crippen molar-refractivity contribution >= 4 is 11.6 Å². The first-order valence-corrected chi connectivity index (χ1v) is 7.45. The summed E-state index contributed by atoms with van der Waals surface area (Å²) in [7, 11) is 3.74. The van der Waals surface area contributed by atoms with Crippen LogP contribution in [0.1, 0.15) is 25.7 Å². The Morgan fingerprint density at radius 1 is 1.57 bits per heavy atom. The van der Waals surface area contributed by atoms with Gasteiger partial charge in [-0.25, -0.2) is 4.39 Å². The number of amides is 1. The Kier molecular flexibility index (Phi) is 4.83. The smallest absolute Gasteiger partial charge is 0.238 e. The molecule has 2 unspecified atom stereocenters. The van der Waals surface area contributed by atoms with E-state index in [1.807, 2.05) is 18.0 Å². The summed E-state index contributed by atoms with van der Waals surface area (Å²) in [6.45, 7) is 0.769. The van der Waals surface area contributed by atoms with Gasteiger partial charge in [0.25, 0.3) is 0 Å². The third-order valence-corrected chi connectivity index (χ3v) is 4.77. The number of carbonyl (C=O) groups is 1. The van der Waals surface area contributed by atoms with Crippen molar-refractivity contribution in [2.75, 3.05) is 25.5 Å². The van der Waals surface area contributed by atoms with Crippen LogP contribution in [0.4, 0.5) is 10.1 Å². The van der Waals surface area contributed by atoms with Crippen molar-refractivity contribution in [3.63, 3.8) is 0 Å². The van der Waals surface area contributed by atoms with E-state index >= 15 is 0 Å². The Morgan fingerprint density at radius 3 is 2.95 bits per heavy atom. The number of carbonyl (C=O) groups excluding carboxylic acids is 1. The molecule has 2 atom stereocenters. The van der Waals surface area contributed by atoms with Crippen LogP contribution in [-0.2, 0) is 4.79 Å². The maximum atomic E-state index is 13.3. The molecule has 0 bridgehead atoms. The molecule has 116 valence electrons. The van der Waals surface area contributed by atoms with Gasteiger partial charge in [-0.05, 0) is 50.4 Å². The molecule has 0 aromatic heterocycles. The minimum absolute atomic E-state index is 0.232. The number of nitrogens with two attached hydrogens (primary N) is 1. The lowest BCUT2D eigenvalue weighted by Crippen LogP contribution is -2.56. The molecule has 1 aliphatic carbocycles. The summed E-state index contributed by atoms with van der Waals surface area (Å²) in [6.07, 6.45) is 3.67. The van der Waals surface area contributed by atoms with Crippen LogP contribution in [0.15, 0.2) is 24.3 Å². The number of hydrogen-bond donors (Lipinski definition) is 2. The molecular formula is C16H24FN3O. The van der Waals surface area contributed by atoms with Crippen LogP contribution in [-0.4, -0.2) is 32.1 Å². The molecule has 1 aliphatic rings. The molecule has 1 amide bonds. The Balaban J connectivity index is 2.00. The third-order valence-electron chi connectivity index (χ3n) is 4.77. The van der Waals surface area contributed by atoms with Gasteiger partial charge in [-0.3, -0.25) is 4.79 Å². The van der Waals surface area contributed by atoms with Gasteiger partial charge >= 0.3 is 0 Å². The maximum Gasteiger partial charge on any atom is 0.238 e. The average molecular weight is 293 g/mol. The lowest BCUT2D eigenvalue weighted by Gasteiger charge is -2.33. The maximum absolute atomic E-state index is 13.3. The second-order valence-electron chi connectivity index (χ2n) is 5.86. The van der Waals surface area contributed by atoms with E-state index in [1.165, 1.54) is 12.1 Å². The molecule has 0 heterocycles. The SMILES string of the molecule is CNC1(C(N)=O)CCCC1CCN(C)c1cccc(F)c1. The minimum Gasteiger partial charge on any atom is -0.375 e. The first kappa shape index (κ1) is 15.8. The Bertz CT molecular complexity index is 508. The highest BCUT2D eigenvalue weighted by Crippen LogP contribution is 2.37. The van der Waals surface area contributed by atoms with E-state index in [-0.39, 0.29) is 17.6 Å². The second-order valence-corrected chi connectivity index (χ2v) is 5.86. The molecule has 0 spiro atoms. The molecular weight excluding hydrogens is 269 g/mol. The summed E-state index contributed by atoms with van der Waals surface area (Å²) in [5.41, 5.74) is 5.87. The standard InChI is InChI=1S/C16H24FN3O/c1-19-16(15(18)21)9-4-5-12(16)8-10-20(2)14-7-3-6-13(17)11-14/h3,6-7,11-12,19H,4-5,8-10H2,1-2H3,(H2,18,21). The highest BCUT2D eigenvalue weighted by atomic mass is 19.1. The van der Waals surface area contributed by atoms with Gasteiger partial charge in [-0.1, -0.05) is 12.5 Å². The molecule has 21 heavy (non-hydrogen) atoms. The number of rotatable bonds is 6. The first-order chi connectivity index (χ1) is 9.99. The number of anilines is 1. The zero-order valence-electron chi connectivity index (χ0n) is 12.7. The summed E-state index contributed by atoms with van der Waals surface area (Å²) in [4.78, 5) is 13.8. The van der Waals surface area contributed by atoms with Crippen molar-refractivity contribution in [1.29, 1.82) is 0 Å². The fourth-order valence-corrected chi connectivity index (χ4v) is 3.44. The zero-order valence-corrected chi connectivity index (χ0v) is 12.7. The van der Waals surface area contributed by atoms with Crippen LogP contribution in [0.25, 0.3) is 0 Å². The van der Waals surface area contributed by atoms with E-state index in [2.05, 4.69) is 5.32 Å². The van der Waals surface area contributed by atoms with E-state index in [4.69, 9.17) is 5.73 Å². The molecule has 0 aliphatic heterocycles. The zero-order chi connectivity index (χ0) is 15.5. The molecule has 1 saturated carbocycles. The quantitative estimate of drug-likeness (QED) is 0.842. The Labute approximate surface area is 125 Å². The number of nitrogens with zero attached hydrogens (tertiary/aromatic N) is 1. The van der Waals surface area contributed by atoms with Crippen LogP contribution < -0.4 is 16.0 Å². The van der Waals surface area contributed by atoms with Crippen LogP contribution in [0.2, 0.25) is 0 Å². The third kappa shape index (κ3) is 3.18. The van der Waals surface area contributed by atoms with Crippen molar-refractivity contribution in [3.05, 3.63) is 30.1 Å². The highest BCUT2D eigenvalue weighted by Gasteiger charge is 2.46. The fourth-order valence-electron chi connectivity index (χ4n) is 3.44. The van der Waals surface area contributed by atoms with Crippen molar-refractivity contribution in [1.82, 2.24) is 5.32 Å². The summed E-state index contributed by atoms with van der Waals surface area (Å²) in [5, 5.41) is 3.15. The predicted molar refractivity (Wildman–Crippen MR) is 82.6 cm³/mol. The summed E-state index contributed by atoms with van der Waals surface area (Å²) in [5.74, 6) is -0.265. The molecule has 3 N–H and O–H groups in total. The van der Waals surface area contributed by atoms with E-state index in [9.17, 15) is 9.18 Å². The van der Waals surface area contributed by atoms with E-state index in [0.29, 0.717) is 0 Å². The van der Waals surface area contributed by atoms with Gasteiger partial charge in [0.1, 0.15) is 11.4 Å². The number of hydrogen-bond acceptors (Lipinski definition) is 3. The van der Waals surface area contributed by atoms with Gasteiger partial charge in [0.2, 0.25) is 5.91 Å². The average Bonchev–Trinajstić information content (AvgIpc) is 2.89. The lowest BCUT2D eigenvalue weighted by molar-refractivity contribution is -0.125. The molecule has 0 radical (unpaired) electrons. The number of primary amides is 1. The van der Waals surface area contributed by atoms with Gasteiger partial charge in [0.15, 0.2) is 0 Å². The normalized spacial score (nSPS) is 25.0. The molecule has 1 aromatic rings. The monoisotopic (exact) mass is 293 g/mol. The molecule has 5 heteroatoms. The van der Waals surface area contributed by atoms with Crippen LogP contribution in [0, 0.1) is 11.7 Å². The molecule has 4 nitrogen and oxygen atoms in total. The van der Waals surface area contributed by atoms with Crippen molar-refractivity contribution < 1.29 is 9.18 Å². The largest absolute Gasteiger partial charge is 0.375 e.